The molecule has 3 N–H and O–H groups in total. The van der Waals surface area contributed by atoms with Crippen LogP contribution in [-0.4, -0.2) is 52.5 Å². The quantitative estimate of drug-likeness (QED) is 0.717. The zero-order chi connectivity index (χ0) is 15.8. The van der Waals surface area contributed by atoms with Gasteiger partial charge in [-0.25, -0.2) is 14.6 Å². The average molecular weight is 294 g/mol. The van der Waals surface area contributed by atoms with Crippen LogP contribution in [0.2, 0.25) is 0 Å². The van der Waals surface area contributed by atoms with E-state index in [1.54, 1.807) is 13.8 Å². The van der Waals surface area contributed by atoms with E-state index in [-0.39, 0.29) is 18.1 Å². The van der Waals surface area contributed by atoms with Crippen LogP contribution in [0.4, 0.5) is 10.5 Å². The zero-order valence-corrected chi connectivity index (χ0v) is 11.9. The van der Waals surface area contributed by atoms with Crippen molar-refractivity contribution in [1.29, 1.82) is 0 Å². The number of urea groups is 1. The highest BCUT2D eigenvalue weighted by molar-refractivity contribution is 5.92. The highest BCUT2D eigenvalue weighted by Gasteiger charge is 2.15. The molecule has 0 fully saturated rings. The lowest BCUT2D eigenvalue weighted by atomic mass is 10.3. The van der Waals surface area contributed by atoms with E-state index in [9.17, 15) is 14.4 Å². The molecule has 0 saturated carbocycles. The number of hydrogen-bond donors (Lipinski definition) is 3. The van der Waals surface area contributed by atoms with Gasteiger partial charge in [-0.1, -0.05) is 0 Å². The van der Waals surface area contributed by atoms with Crippen molar-refractivity contribution in [2.24, 2.45) is 0 Å². The molecule has 0 aromatic carbocycles. The Bertz CT molecular complexity index is 515. The second-order valence-electron chi connectivity index (χ2n) is 4.14. The molecule has 0 aliphatic heterocycles. The summed E-state index contributed by atoms with van der Waals surface area (Å²) in [7, 11) is 0. The fourth-order valence-electron chi connectivity index (χ4n) is 1.55. The number of carboxylic acids is 1. The first-order valence-electron chi connectivity index (χ1n) is 6.49. The molecule has 1 heterocycles. The van der Waals surface area contributed by atoms with E-state index in [0.717, 1.165) is 0 Å². The Balaban J connectivity index is 2.65. The molecule has 0 spiro atoms. The highest BCUT2D eigenvalue weighted by Crippen LogP contribution is 2.07. The number of pyridine rings is 1. The number of nitrogens with one attached hydrogen (secondary N) is 2. The number of nitrogens with zero attached hydrogens (tertiary/aromatic N) is 2. The van der Waals surface area contributed by atoms with Crippen molar-refractivity contribution >= 4 is 23.6 Å². The molecule has 0 aliphatic rings. The molecular formula is C13H18N4O4. The van der Waals surface area contributed by atoms with Crippen LogP contribution < -0.4 is 10.6 Å². The predicted molar refractivity (Wildman–Crippen MR) is 76.1 cm³/mol. The van der Waals surface area contributed by atoms with Crippen LogP contribution in [0.25, 0.3) is 0 Å². The van der Waals surface area contributed by atoms with Gasteiger partial charge in [0.05, 0.1) is 11.9 Å². The van der Waals surface area contributed by atoms with E-state index in [1.807, 2.05) is 0 Å². The van der Waals surface area contributed by atoms with Crippen molar-refractivity contribution < 1.29 is 19.5 Å². The Labute approximate surface area is 122 Å². The van der Waals surface area contributed by atoms with Gasteiger partial charge in [-0.3, -0.25) is 4.79 Å². The predicted octanol–water partition coefficient (Wildman–Crippen LogP) is 0.770. The Hall–Kier alpha value is -2.64. The molecule has 0 atom stereocenters. The van der Waals surface area contributed by atoms with Crippen LogP contribution in [0, 0.1) is 0 Å². The van der Waals surface area contributed by atoms with Crippen molar-refractivity contribution in [2.45, 2.75) is 13.8 Å². The standard InChI is InChI=1S/C13H18N4O4/c1-3-14-11(18)8-17(4-2)13(21)16-9-5-6-10(12(19)20)15-7-9/h5-7H,3-4,8H2,1-2H3,(H,14,18)(H,16,21)(H,19,20). The van der Waals surface area contributed by atoms with Crippen LogP contribution in [0.5, 0.6) is 0 Å². The number of carbonyl (C=O) groups is 3. The first-order valence-corrected chi connectivity index (χ1v) is 6.49. The Morgan fingerprint density at radius 3 is 2.48 bits per heavy atom. The molecule has 3 amide bonds. The van der Waals surface area contributed by atoms with Crippen molar-refractivity contribution in [1.82, 2.24) is 15.2 Å². The maximum absolute atomic E-state index is 12.0. The van der Waals surface area contributed by atoms with Crippen molar-refractivity contribution in [3.05, 3.63) is 24.0 Å². The summed E-state index contributed by atoms with van der Waals surface area (Å²) >= 11 is 0. The van der Waals surface area contributed by atoms with E-state index in [4.69, 9.17) is 5.11 Å². The molecule has 1 aromatic rings. The number of rotatable bonds is 6. The maximum atomic E-state index is 12.0. The summed E-state index contributed by atoms with van der Waals surface area (Å²) in [5.41, 5.74) is 0.252. The summed E-state index contributed by atoms with van der Waals surface area (Å²) in [6.07, 6.45) is 1.25. The minimum Gasteiger partial charge on any atom is -0.477 e. The summed E-state index contributed by atoms with van der Waals surface area (Å²) in [5, 5.41) is 13.9. The average Bonchev–Trinajstić information content (AvgIpc) is 2.45. The van der Waals surface area contributed by atoms with Crippen LogP contribution in [0.15, 0.2) is 18.3 Å². The van der Waals surface area contributed by atoms with Gasteiger partial charge < -0.3 is 20.6 Å². The van der Waals surface area contributed by atoms with Gasteiger partial charge in [0, 0.05) is 13.1 Å². The number of likely N-dealkylation sites (N-methyl/N-ethyl adjacent to an activating group) is 2. The Morgan fingerprint density at radius 2 is 2.00 bits per heavy atom. The molecule has 21 heavy (non-hydrogen) atoms. The van der Waals surface area contributed by atoms with E-state index < -0.39 is 12.0 Å². The summed E-state index contributed by atoms with van der Waals surface area (Å²) < 4.78 is 0. The first-order chi connectivity index (χ1) is 9.97. The van der Waals surface area contributed by atoms with Crippen molar-refractivity contribution in [2.75, 3.05) is 25.0 Å². The number of hydrogen-bond acceptors (Lipinski definition) is 4. The van der Waals surface area contributed by atoms with E-state index >= 15 is 0 Å². The normalized spacial score (nSPS) is 9.81. The van der Waals surface area contributed by atoms with Crippen LogP contribution in [0.3, 0.4) is 0 Å². The van der Waals surface area contributed by atoms with Crippen LogP contribution in [-0.2, 0) is 4.79 Å². The molecule has 1 rings (SSSR count). The molecule has 0 unspecified atom stereocenters. The lowest BCUT2D eigenvalue weighted by molar-refractivity contribution is -0.121. The molecule has 114 valence electrons. The van der Waals surface area contributed by atoms with Gasteiger partial charge in [-0.05, 0) is 26.0 Å². The molecule has 8 heteroatoms. The minimum atomic E-state index is -1.14. The van der Waals surface area contributed by atoms with E-state index in [1.165, 1.54) is 23.2 Å². The largest absolute Gasteiger partial charge is 0.477 e. The fraction of sp³-hybridized carbons (Fsp3) is 0.385. The van der Waals surface area contributed by atoms with Gasteiger partial charge in [0.1, 0.15) is 12.2 Å². The number of carbonyl (C=O) groups excluding carboxylic acids is 2. The maximum Gasteiger partial charge on any atom is 0.354 e. The molecule has 0 bridgehead atoms. The van der Waals surface area contributed by atoms with Crippen molar-refractivity contribution in [3.63, 3.8) is 0 Å². The van der Waals surface area contributed by atoms with Gasteiger partial charge in [-0.2, -0.15) is 0 Å². The van der Waals surface area contributed by atoms with Crippen LogP contribution in [0.1, 0.15) is 24.3 Å². The summed E-state index contributed by atoms with van der Waals surface area (Å²) in [6, 6.07) is 2.28. The van der Waals surface area contributed by atoms with Gasteiger partial charge in [0.15, 0.2) is 0 Å². The molecular weight excluding hydrogens is 276 g/mol. The number of aromatic nitrogens is 1. The van der Waals surface area contributed by atoms with Gasteiger partial charge in [0.2, 0.25) is 5.91 Å². The lowest BCUT2D eigenvalue weighted by Crippen LogP contribution is -2.42. The molecule has 1 aromatic heterocycles. The van der Waals surface area contributed by atoms with Gasteiger partial charge in [-0.15, -0.1) is 0 Å². The van der Waals surface area contributed by atoms with E-state index in [2.05, 4.69) is 15.6 Å². The van der Waals surface area contributed by atoms with Gasteiger partial charge >= 0.3 is 12.0 Å². The third kappa shape index (κ3) is 5.09. The smallest absolute Gasteiger partial charge is 0.354 e. The number of carboxylic acid groups (broad SMARTS) is 1. The highest BCUT2D eigenvalue weighted by atomic mass is 16.4. The fourth-order valence-corrected chi connectivity index (χ4v) is 1.55. The Morgan fingerprint density at radius 1 is 1.29 bits per heavy atom. The number of amides is 3. The Kier molecular flexibility index (Phi) is 6.12. The van der Waals surface area contributed by atoms with Crippen LogP contribution >= 0.6 is 0 Å². The summed E-state index contributed by atoms with van der Waals surface area (Å²) in [4.78, 5) is 39.2. The number of anilines is 1. The third-order valence-corrected chi connectivity index (χ3v) is 2.61. The monoisotopic (exact) mass is 294 g/mol. The summed E-state index contributed by atoms with van der Waals surface area (Å²) in [6.45, 7) is 4.37. The SMILES string of the molecule is CCNC(=O)CN(CC)C(=O)Nc1ccc(C(=O)O)nc1. The lowest BCUT2D eigenvalue weighted by Gasteiger charge is -2.20. The van der Waals surface area contributed by atoms with Crippen molar-refractivity contribution in [3.8, 4) is 0 Å². The van der Waals surface area contributed by atoms with E-state index in [0.29, 0.717) is 18.8 Å². The molecule has 8 nitrogen and oxygen atoms in total. The molecule has 0 saturated heterocycles. The second-order valence-corrected chi connectivity index (χ2v) is 4.14. The number of aromatic carboxylic acids is 1. The zero-order valence-electron chi connectivity index (χ0n) is 11.9. The first kappa shape index (κ1) is 16.4. The van der Waals surface area contributed by atoms with Gasteiger partial charge in [0.25, 0.3) is 0 Å². The third-order valence-electron chi connectivity index (χ3n) is 2.61. The summed E-state index contributed by atoms with van der Waals surface area (Å²) in [5.74, 6) is -1.38. The minimum absolute atomic E-state index is 0.0448. The molecule has 0 radical (unpaired) electrons. The molecule has 0 aliphatic carbocycles. The second kappa shape index (κ2) is 7.83. The topological polar surface area (TPSA) is 112 Å².